The second kappa shape index (κ2) is 5.00. The maximum absolute atomic E-state index is 6.03. The number of hydrogen-bond donors (Lipinski definition) is 0. The van der Waals surface area contributed by atoms with Gasteiger partial charge in [-0.05, 0) is 23.8 Å². The molecule has 0 aliphatic carbocycles. The maximum Gasteiger partial charge on any atom is 0.148 e. The number of halogens is 3. The third-order valence-electron chi connectivity index (χ3n) is 2.08. The molecule has 5 heteroatoms. The summed E-state index contributed by atoms with van der Waals surface area (Å²) in [5.41, 5.74) is 1.78. The summed E-state index contributed by atoms with van der Waals surface area (Å²) >= 11 is 17.7. The molecule has 2 heterocycles. The standard InChI is InChI=1S/C11H7Cl3N2/c12-8-6-9(13)11(14)16-10(8)5-7-1-3-15-4-2-7/h1-4,6H,5H2. The first-order chi connectivity index (χ1) is 7.66. The van der Waals surface area contributed by atoms with Crippen LogP contribution in [-0.2, 0) is 6.42 Å². The van der Waals surface area contributed by atoms with Gasteiger partial charge in [-0.3, -0.25) is 4.98 Å². The van der Waals surface area contributed by atoms with Gasteiger partial charge in [0.15, 0.2) is 0 Å². The van der Waals surface area contributed by atoms with Crippen LogP contribution in [0.4, 0.5) is 0 Å². The SMILES string of the molecule is Clc1cc(Cl)c(Cc2ccncc2)nc1Cl. The highest BCUT2D eigenvalue weighted by atomic mass is 35.5. The molecule has 0 saturated carbocycles. The van der Waals surface area contributed by atoms with Crippen molar-refractivity contribution in [1.29, 1.82) is 0 Å². The van der Waals surface area contributed by atoms with Crippen molar-refractivity contribution >= 4 is 34.8 Å². The first-order valence-corrected chi connectivity index (χ1v) is 5.69. The summed E-state index contributed by atoms with van der Waals surface area (Å²) in [7, 11) is 0. The Kier molecular flexibility index (Phi) is 3.64. The Morgan fingerprint density at radius 1 is 1.00 bits per heavy atom. The van der Waals surface area contributed by atoms with Crippen LogP contribution in [0.15, 0.2) is 30.6 Å². The summed E-state index contributed by atoms with van der Waals surface area (Å²) in [5, 5.41) is 1.16. The fourth-order valence-corrected chi connectivity index (χ4v) is 1.88. The fraction of sp³-hybridized carbons (Fsp3) is 0.0909. The first kappa shape index (κ1) is 11.6. The monoisotopic (exact) mass is 272 g/mol. The van der Waals surface area contributed by atoms with Gasteiger partial charge in [0.2, 0.25) is 0 Å². The Morgan fingerprint density at radius 3 is 2.38 bits per heavy atom. The molecule has 82 valence electrons. The zero-order valence-electron chi connectivity index (χ0n) is 8.12. The molecule has 0 unspecified atom stereocenters. The molecule has 0 fully saturated rings. The Hall–Kier alpha value is -0.830. The van der Waals surface area contributed by atoms with E-state index in [0.29, 0.717) is 22.2 Å². The zero-order valence-corrected chi connectivity index (χ0v) is 10.4. The molecular formula is C11H7Cl3N2. The van der Waals surface area contributed by atoms with Crippen LogP contribution < -0.4 is 0 Å². The summed E-state index contributed by atoms with van der Waals surface area (Å²) < 4.78 is 0. The van der Waals surface area contributed by atoms with Crippen LogP contribution >= 0.6 is 34.8 Å². The molecule has 0 spiro atoms. The summed E-state index contributed by atoms with van der Waals surface area (Å²) in [4.78, 5) is 8.09. The van der Waals surface area contributed by atoms with Gasteiger partial charge in [0, 0.05) is 18.8 Å². The minimum absolute atomic E-state index is 0.273. The Balaban J connectivity index is 2.32. The molecular weight excluding hydrogens is 266 g/mol. The molecule has 0 aromatic carbocycles. The van der Waals surface area contributed by atoms with Gasteiger partial charge in [0.25, 0.3) is 0 Å². The second-order valence-corrected chi connectivity index (χ2v) is 4.39. The smallest absolute Gasteiger partial charge is 0.148 e. The summed E-state index contributed by atoms with van der Waals surface area (Å²) in [6.07, 6.45) is 4.06. The first-order valence-electron chi connectivity index (χ1n) is 4.56. The van der Waals surface area contributed by atoms with Crippen molar-refractivity contribution in [3.63, 3.8) is 0 Å². The number of nitrogens with zero attached hydrogens (tertiary/aromatic N) is 2. The van der Waals surface area contributed by atoms with Crippen LogP contribution in [0, 0.1) is 0 Å². The highest BCUT2D eigenvalue weighted by Crippen LogP contribution is 2.26. The number of rotatable bonds is 2. The molecule has 2 aromatic heterocycles. The van der Waals surface area contributed by atoms with E-state index >= 15 is 0 Å². The van der Waals surface area contributed by atoms with E-state index in [0.717, 1.165) is 5.56 Å². The minimum Gasteiger partial charge on any atom is -0.265 e. The average molecular weight is 274 g/mol. The van der Waals surface area contributed by atoms with Crippen molar-refractivity contribution in [2.24, 2.45) is 0 Å². The lowest BCUT2D eigenvalue weighted by Gasteiger charge is -2.05. The molecule has 0 aliphatic heterocycles. The van der Waals surface area contributed by atoms with E-state index in [-0.39, 0.29) is 5.15 Å². The van der Waals surface area contributed by atoms with Crippen molar-refractivity contribution in [2.75, 3.05) is 0 Å². The van der Waals surface area contributed by atoms with Crippen LogP contribution in [0.2, 0.25) is 15.2 Å². The van der Waals surface area contributed by atoms with Gasteiger partial charge in [-0.2, -0.15) is 0 Å². The highest BCUT2D eigenvalue weighted by molar-refractivity contribution is 6.42. The van der Waals surface area contributed by atoms with Crippen molar-refractivity contribution in [1.82, 2.24) is 9.97 Å². The largest absolute Gasteiger partial charge is 0.265 e. The van der Waals surface area contributed by atoms with E-state index < -0.39 is 0 Å². The van der Waals surface area contributed by atoms with Gasteiger partial charge in [-0.1, -0.05) is 34.8 Å². The van der Waals surface area contributed by atoms with Crippen molar-refractivity contribution < 1.29 is 0 Å². The van der Waals surface area contributed by atoms with Crippen molar-refractivity contribution in [3.05, 3.63) is 57.0 Å². The molecule has 0 saturated heterocycles. The van der Waals surface area contributed by atoms with E-state index in [4.69, 9.17) is 34.8 Å². The molecule has 0 N–H and O–H groups in total. The summed E-state index contributed by atoms with van der Waals surface area (Å²) in [6, 6.07) is 5.41. The van der Waals surface area contributed by atoms with Gasteiger partial charge in [-0.15, -0.1) is 0 Å². The molecule has 16 heavy (non-hydrogen) atoms. The lowest BCUT2D eigenvalue weighted by molar-refractivity contribution is 1.07. The van der Waals surface area contributed by atoms with Crippen LogP contribution in [0.3, 0.4) is 0 Å². The number of hydrogen-bond acceptors (Lipinski definition) is 2. The van der Waals surface area contributed by atoms with Crippen molar-refractivity contribution in [3.8, 4) is 0 Å². The van der Waals surface area contributed by atoms with E-state index in [2.05, 4.69) is 9.97 Å². The van der Waals surface area contributed by atoms with Gasteiger partial charge in [-0.25, -0.2) is 4.98 Å². The van der Waals surface area contributed by atoms with Gasteiger partial charge in [0.1, 0.15) is 5.15 Å². The Morgan fingerprint density at radius 2 is 1.69 bits per heavy atom. The third-order valence-corrected chi connectivity index (χ3v) is 3.08. The molecule has 0 bridgehead atoms. The molecule has 2 rings (SSSR count). The lowest BCUT2D eigenvalue weighted by atomic mass is 10.1. The van der Waals surface area contributed by atoms with E-state index in [9.17, 15) is 0 Å². The predicted molar refractivity (Wildman–Crippen MR) is 66.3 cm³/mol. The van der Waals surface area contributed by atoms with Crippen molar-refractivity contribution in [2.45, 2.75) is 6.42 Å². The van der Waals surface area contributed by atoms with Gasteiger partial charge >= 0.3 is 0 Å². The second-order valence-electron chi connectivity index (χ2n) is 3.22. The minimum atomic E-state index is 0.273. The van der Waals surface area contributed by atoms with Crippen LogP contribution in [0.5, 0.6) is 0 Å². The van der Waals surface area contributed by atoms with Gasteiger partial charge < -0.3 is 0 Å². The molecule has 0 radical (unpaired) electrons. The van der Waals surface area contributed by atoms with E-state index in [1.165, 1.54) is 0 Å². The van der Waals surface area contributed by atoms with Crippen LogP contribution in [-0.4, -0.2) is 9.97 Å². The predicted octanol–water partition coefficient (Wildman–Crippen LogP) is 4.03. The average Bonchev–Trinajstić information content (AvgIpc) is 2.27. The van der Waals surface area contributed by atoms with Crippen LogP contribution in [0.1, 0.15) is 11.3 Å². The molecule has 0 atom stereocenters. The highest BCUT2D eigenvalue weighted by Gasteiger charge is 2.08. The van der Waals surface area contributed by atoms with E-state index in [1.807, 2.05) is 12.1 Å². The summed E-state index contributed by atoms with van der Waals surface area (Å²) in [5.74, 6) is 0. The quantitative estimate of drug-likeness (QED) is 0.772. The Labute approximate surface area is 108 Å². The van der Waals surface area contributed by atoms with Crippen LogP contribution in [0.25, 0.3) is 0 Å². The Bertz CT molecular complexity index is 500. The van der Waals surface area contributed by atoms with E-state index in [1.54, 1.807) is 18.5 Å². The molecule has 0 amide bonds. The molecule has 2 nitrogen and oxygen atoms in total. The molecule has 2 aromatic rings. The fourth-order valence-electron chi connectivity index (χ4n) is 1.30. The maximum atomic E-state index is 6.03. The molecule has 0 aliphatic rings. The number of pyridine rings is 2. The number of aromatic nitrogens is 2. The normalized spacial score (nSPS) is 10.4. The summed E-state index contributed by atoms with van der Waals surface area (Å²) in [6.45, 7) is 0. The zero-order chi connectivity index (χ0) is 11.5. The van der Waals surface area contributed by atoms with Gasteiger partial charge in [0.05, 0.1) is 15.7 Å². The topological polar surface area (TPSA) is 25.8 Å². The lowest BCUT2D eigenvalue weighted by Crippen LogP contribution is -1.94. The third kappa shape index (κ3) is 2.64.